The van der Waals surface area contributed by atoms with E-state index in [1.54, 1.807) is 7.11 Å². The van der Waals surface area contributed by atoms with Gasteiger partial charge in [-0.15, -0.1) is 0 Å². The Bertz CT molecular complexity index is 299. The van der Waals surface area contributed by atoms with Crippen molar-refractivity contribution in [1.29, 1.82) is 5.26 Å². The van der Waals surface area contributed by atoms with Crippen LogP contribution in [0.4, 0.5) is 0 Å². The number of methoxy groups -OCH3 is 1. The summed E-state index contributed by atoms with van der Waals surface area (Å²) in [5, 5.41) is 12.1. The van der Waals surface area contributed by atoms with Crippen molar-refractivity contribution in [1.82, 2.24) is 10.1 Å². The Morgan fingerprint density at radius 3 is 3.00 bits per heavy atom. The lowest BCUT2D eigenvalue weighted by molar-refractivity contribution is 0.0903. The van der Waals surface area contributed by atoms with Crippen LogP contribution in [0.3, 0.4) is 0 Å². The highest BCUT2D eigenvalue weighted by Gasteiger charge is 2.15. The number of aromatic nitrogens is 2. The molecule has 0 bridgehead atoms. The van der Waals surface area contributed by atoms with E-state index < -0.39 is 0 Å². The van der Waals surface area contributed by atoms with E-state index in [4.69, 9.17) is 14.5 Å². The summed E-state index contributed by atoms with van der Waals surface area (Å²) in [5.41, 5.74) is 0. The first kappa shape index (κ1) is 9.68. The van der Waals surface area contributed by atoms with Crippen molar-refractivity contribution in [2.24, 2.45) is 0 Å². The zero-order valence-electron chi connectivity index (χ0n) is 7.65. The number of hydrogen-bond acceptors (Lipinski definition) is 5. The summed E-state index contributed by atoms with van der Waals surface area (Å²) in [5.74, 6) is 0.850. The van der Waals surface area contributed by atoms with Crippen LogP contribution in [-0.2, 0) is 11.2 Å². The van der Waals surface area contributed by atoms with Crippen molar-refractivity contribution in [3.63, 3.8) is 0 Å². The third kappa shape index (κ3) is 2.26. The summed E-state index contributed by atoms with van der Waals surface area (Å²) >= 11 is 0. The molecule has 1 atom stereocenters. The summed E-state index contributed by atoms with van der Waals surface area (Å²) in [7, 11) is 1.59. The molecule has 0 aliphatic heterocycles. The fraction of sp³-hybridized carbons (Fsp3) is 0.625. The summed E-state index contributed by atoms with van der Waals surface area (Å²) in [4.78, 5) is 4.02. The molecule has 0 aliphatic rings. The van der Waals surface area contributed by atoms with Crippen molar-refractivity contribution in [3.8, 4) is 6.07 Å². The first-order valence-electron chi connectivity index (χ1n) is 4.04. The van der Waals surface area contributed by atoms with Gasteiger partial charge in [0.15, 0.2) is 0 Å². The molecule has 1 heterocycles. The van der Waals surface area contributed by atoms with Gasteiger partial charge in [-0.1, -0.05) is 12.1 Å². The minimum absolute atomic E-state index is 0.142. The van der Waals surface area contributed by atoms with Gasteiger partial charge in [0.1, 0.15) is 12.5 Å². The van der Waals surface area contributed by atoms with Crippen molar-refractivity contribution < 1.29 is 9.26 Å². The van der Waals surface area contributed by atoms with Crippen molar-refractivity contribution >= 4 is 0 Å². The molecule has 1 aromatic heterocycles. The quantitative estimate of drug-likeness (QED) is 0.698. The van der Waals surface area contributed by atoms with Crippen LogP contribution in [0.25, 0.3) is 0 Å². The zero-order chi connectivity index (χ0) is 9.68. The van der Waals surface area contributed by atoms with Crippen LogP contribution in [0, 0.1) is 11.3 Å². The molecule has 13 heavy (non-hydrogen) atoms. The van der Waals surface area contributed by atoms with Gasteiger partial charge < -0.3 is 9.26 Å². The highest BCUT2D eigenvalue weighted by Crippen LogP contribution is 2.16. The predicted octanol–water partition coefficient (Wildman–Crippen LogP) is 1.23. The molecule has 1 rings (SSSR count). The molecule has 1 aromatic rings. The molecule has 0 saturated heterocycles. The van der Waals surface area contributed by atoms with Gasteiger partial charge in [-0.25, -0.2) is 0 Å². The van der Waals surface area contributed by atoms with Crippen LogP contribution >= 0.6 is 0 Å². The topological polar surface area (TPSA) is 71.9 Å². The highest BCUT2D eigenvalue weighted by atomic mass is 16.5. The van der Waals surface area contributed by atoms with Crippen molar-refractivity contribution in [3.05, 3.63) is 11.7 Å². The van der Waals surface area contributed by atoms with Gasteiger partial charge in [0, 0.05) is 7.11 Å². The number of nitriles is 1. The SMILES string of the molecule is CCC(OC)c1noc(CC#N)n1. The van der Waals surface area contributed by atoms with Gasteiger partial charge in [-0.3, -0.25) is 0 Å². The fourth-order valence-electron chi connectivity index (χ4n) is 0.993. The van der Waals surface area contributed by atoms with Crippen LogP contribution in [0.1, 0.15) is 31.2 Å². The lowest BCUT2D eigenvalue weighted by Crippen LogP contribution is -2.01. The first-order valence-corrected chi connectivity index (χ1v) is 4.04. The molecule has 0 aromatic carbocycles. The van der Waals surface area contributed by atoms with E-state index in [0.29, 0.717) is 11.7 Å². The third-order valence-electron chi connectivity index (χ3n) is 1.66. The van der Waals surface area contributed by atoms with Gasteiger partial charge in [-0.05, 0) is 6.42 Å². The average molecular weight is 181 g/mol. The van der Waals surface area contributed by atoms with E-state index in [1.165, 1.54) is 0 Å². The zero-order valence-corrected chi connectivity index (χ0v) is 7.65. The molecule has 0 amide bonds. The van der Waals surface area contributed by atoms with Crippen molar-refractivity contribution in [2.45, 2.75) is 25.9 Å². The lowest BCUT2D eigenvalue weighted by Gasteiger charge is -2.05. The molecule has 0 saturated carbocycles. The normalized spacial score (nSPS) is 12.4. The number of nitrogens with zero attached hydrogens (tertiary/aromatic N) is 3. The maximum Gasteiger partial charge on any atom is 0.240 e. The maximum atomic E-state index is 8.37. The summed E-state index contributed by atoms with van der Waals surface area (Å²) < 4.78 is 9.94. The molecule has 0 radical (unpaired) electrons. The van der Waals surface area contributed by atoms with Crippen LogP contribution < -0.4 is 0 Å². The molecule has 0 N–H and O–H groups in total. The summed E-state index contributed by atoms with van der Waals surface area (Å²) in [6.07, 6.45) is 0.783. The highest BCUT2D eigenvalue weighted by molar-refractivity contribution is 4.95. The Kier molecular flexibility index (Phi) is 3.41. The van der Waals surface area contributed by atoms with Gasteiger partial charge in [-0.2, -0.15) is 10.2 Å². The maximum absolute atomic E-state index is 8.37. The molecule has 70 valence electrons. The van der Waals surface area contributed by atoms with E-state index in [0.717, 1.165) is 6.42 Å². The fourth-order valence-corrected chi connectivity index (χ4v) is 0.993. The molecule has 0 fully saturated rings. The van der Waals surface area contributed by atoms with Crippen LogP contribution in [0.5, 0.6) is 0 Å². The van der Waals surface area contributed by atoms with E-state index >= 15 is 0 Å². The standard InChI is InChI=1S/C8H11N3O2/c1-3-6(12-2)8-10-7(4-5-9)13-11-8/h6H,3-4H2,1-2H3. The Morgan fingerprint density at radius 1 is 1.69 bits per heavy atom. The lowest BCUT2D eigenvalue weighted by atomic mass is 10.2. The van der Waals surface area contributed by atoms with E-state index in [-0.39, 0.29) is 12.5 Å². The number of hydrogen-bond donors (Lipinski definition) is 0. The van der Waals surface area contributed by atoms with Crippen LogP contribution in [0.15, 0.2) is 4.52 Å². The summed E-state index contributed by atoms with van der Waals surface area (Å²) in [6.45, 7) is 1.97. The Hall–Kier alpha value is -1.41. The largest absolute Gasteiger partial charge is 0.373 e. The molecule has 5 nitrogen and oxygen atoms in total. The minimum Gasteiger partial charge on any atom is -0.373 e. The smallest absolute Gasteiger partial charge is 0.240 e. The van der Waals surface area contributed by atoms with Gasteiger partial charge in [0.2, 0.25) is 11.7 Å². The Labute approximate surface area is 76.3 Å². The monoisotopic (exact) mass is 181 g/mol. The van der Waals surface area contributed by atoms with Gasteiger partial charge in [0.05, 0.1) is 6.07 Å². The van der Waals surface area contributed by atoms with Gasteiger partial charge >= 0.3 is 0 Å². The molecular weight excluding hydrogens is 170 g/mol. The molecule has 0 spiro atoms. The number of ether oxygens (including phenoxy) is 1. The van der Waals surface area contributed by atoms with Crippen LogP contribution in [-0.4, -0.2) is 17.3 Å². The van der Waals surface area contributed by atoms with Gasteiger partial charge in [0.25, 0.3) is 0 Å². The Morgan fingerprint density at radius 2 is 2.46 bits per heavy atom. The van der Waals surface area contributed by atoms with E-state index in [2.05, 4.69) is 10.1 Å². The number of rotatable bonds is 4. The Balaban J connectivity index is 2.73. The van der Waals surface area contributed by atoms with E-state index in [1.807, 2.05) is 13.0 Å². The predicted molar refractivity (Wildman–Crippen MR) is 43.7 cm³/mol. The first-order chi connectivity index (χ1) is 6.31. The molecular formula is C8H11N3O2. The second-order valence-corrected chi connectivity index (χ2v) is 2.51. The van der Waals surface area contributed by atoms with E-state index in [9.17, 15) is 0 Å². The van der Waals surface area contributed by atoms with Crippen molar-refractivity contribution in [2.75, 3.05) is 7.11 Å². The molecule has 1 unspecified atom stereocenters. The van der Waals surface area contributed by atoms with Crippen LogP contribution in [0.2, 0.25) is 0 Å². The third-order valence-corrected chi connectivity index (χ3v) is 1.66. The molecule has 5 heteroatoms. The summed E-state index contributed by atoms with van der Waals surface area (Å²) in [6, 6.07) is 1.94. The average Bonchev–Trinajstić information content (AvgIpc) is 2.56. The minimum atomic E-state index is -0.142. The second kappa shape index (κ2) is 4.58. The second-order valence-electron chi connectivity index (χ2n) is 2.51. The molecule has 0 aliphatic carbocycles.